The average molecular weight is 361 g/mol. The van der Waals surface area contributed by atoms with Gasteiger partial charge in [-0.15, -0.1) is 0 Å². The number of carbonyl (C=O) groups is 1. The number of phenols is 1. The van der Waals surface area contributed by atoms with Crippen LogP contribution in [-0.2, 0) is 11.2 Å². The minimum absolute atomic E-state index is 0.128. The number of carbonyl (C=O) groups excluding carboxylic acids is 1. The SMILES string of the molecule is CCCCCCCCCCCC=CC(=O)CCc1ccc(O)c(OC)c1. The van der Waals surface area contributed by atoms with Gasteiger partial charge in [-0.05, 0) is 43.0 Å². The van der Waals surface area contributed by atoms with Gasteiger partial charge in [-0.2, -0.15) is 0 Å². The monoisotopic (exact) mass is 360 g/mol. The number of allylic oxidation sites excluding steroid dienone is 2. The second-order valence-electron chi connectivity index (χ2n) is 6.99. The first kappa shape index (κ1) is 22.3. The molecule has 1 aromatic rings. The van der Waals surface area contributed by atoms with Crippen LogP contribution in [0, 0.1) is 0 Å². The maximum absolute atomic E-state index is 11.9. The summed E-state index contributed by atoms with van der Waals surface area (Å²) in [4.78, 5) is 11.9. The summed E-state index contributed by atoms with van der Waals surface area (Å²) in [6.07, 6.45) is 17.8. The minimum atomic E-state index is 0.128. The third-order valence-corrected chi connectivity index (χ3v) is 4.68. The predicted molar refractivity (Wildman–Crippen MR) is 109 cm³/mol. The van der Waals surface area contributed by atoms with Crippen LogP contribution in [0.15, 0.2) is 30.4 Å². The zero-order valence-corrected chi connectivity index (χ0v) is 16.6. The highest BCUT2D eigenvalue weighted by Crippen LogP contribution is 2.26. The number of rotatable bonds is 15. The molecule has 3 heteroatoms. The Morgan fingerprint density at radius 3 is 2.35 bits per heavy atom. The fraction of sp³-hybridized carbons (Fsp3) is 0.609. The quantitative estimate of drug-likeness (QED) is 0.291. The van der Waals surface area contributed by atoms with E-state index in [0.717, 1.165) is 12.0 Å². The number of unbranched alkanes of at least 4 members (excludes halogenated alkanes) is 9. The number of phenolic OH excluding ortho intramolecular Hbond substituents is 1. The Hall–Kier alpha value is -1.77. The van der Waals surface area contributed by atoms with Crippen molar-refractivity contribution in [3.63, 3.8) is 0 Å². The van der Waals surface area contributed by atoms with E-state index in [4.69, 9.17) is 4.74 Å². The van der Waals surface area contributed by atoms with Gasteiger partial charge in [0.1, 0.15) is 0 Å². The zero-order chi connectivity index (χ0) is 19.0. The first-order chi connectivity index (χ1) is 12.7. The highest BCUT2D eigenvalue weighted by atomic mass is 16.5. The molecule has 0 fully saturated rings. The fourth-order valence-corrected chi connectivity index (χ4v) is 3.02. The van der Waals surface area contributed by atoms with E-state index in [9.17, 15) is 9.90 Å². The molecule has 0 atom stereocenters. The van der Waals surface area contributed by atoms with Crippen molar-refractivity contribution in [1.29, 1.82) is 0 Å². The number of hydrogen-bond donors (Lipinski definition) is 1. The van der Waals surface area contributed by atoms with Gasteiger partial charge in [0.05, 0.1) is 7.11 Å². The fourth-order valence-electron chi connectivity index (χ4n) is 3.02. The zero-order valence-electron chi connectivity index (χ0n) is 16.6. The molecule has 146 valence electrons. The number of hydrogen-bond acceptors (Lipinski definition) is 3. The van der Waals surface area contributed by atoms with Crippen LogP contribution in [-0.4, -0.2) is 18.0 Å². The van der Waals surface area contributed by atoms with Crippen molar-refractivity contribution in [2.24, 2.45) is 0 Å². The highest BCUT2D eigenvalue weighted by Gasteiger charge is 2.04. The Bertz CT molecular complexity index is 534. The molecule has 26 heavy (non-hydrogen) atoms. The van der Waals surface area contributed by atoms with Gasteiger partial charge in [-0.25, -0.2) is 0 Å². The van der Waals surface area contributed by atoms with Crippen molar-refractivity contribution in [3.8, 4) is 11.5 Å². The second kappa shape index (κ2) is 14.4. The van der Waals surface area contributed by atoms with E-state index in [1.54, 1.807) is 18.2 Å². The molecule has 0 saturated heterocycles. The van der Waals surface area contributed by atoms with Crippen molar-refractivity contribution in [3.05, 3.63) is 35.9 Å². The van der Waals surface area contributed by atoms with E-state index in [0.29, 0.717) is 18.6 Å². The van der Waals surface area contributed by atoms with Crippen LogP contribution in [0.3, 0.4) is 0 Å². The molecule has 0 aliphatic carbocycles. The third-order valence-electron chi connectivity index (χ3n) is 4.68. The van der Waals surface area contributed by atoms with Crippen LogP contribution in [0.4, 0.5) is 0 Å². The molecular formula is C23H36O3. The lowest BCUT2D eigenvalue weighted by Crippen LogP contribution is -1.96. The standard InChI is InChI=1S/C23H36O3/c1-3-4-5-6-7-8-9-10-11-12-13-14-21(24)17-15-20-16-18-22(25)23(19-20)26-2/h13-14,16,18-19,25H,3-12,15,17H2,1-2H3. The number of benzene rings is 1. The Labute approximate surface area is 159 Å². The predicted octanol–water partition coefficient (Wildman–Crippen LogP) is 6.38. The second-order valence-corrected chi connectivity index (χ2v) is 6.99. The topological polar surface area (TPSA) is 46.5 Å². The molecule has 0 radical (unpaired) electrons. The maximum atomic E-state index is 11.9. The normalized spacial score (nSPS) is 11.2. The molecule has 0 aromatic heterocycles. The van der Waals surface area contributed by atoms with Crippen molar-refractivity contribution in [2.45, 2.75) is 84.0 Å². The van der Waals surface area contributed by atoms with Crippen molar-refractivity contribution < 1.29 is 14.6 Å². The van der Waals surface area contributed by atoms with Crippen LogP contribution >= 0.6 is 0 Å². The molecule has 1 N–H and O–H groups in total. The molecule has 1 rings (SSSR count). The minimum Gasteiger partial charge on any atom is -0.504 e. The molecule has 0 heterocycles. The molecule has 0 saturated carbocycles. The maximum Gasteiger partial charge on any atom is 0.160 e. The van der Waals surface area contributed by atoms with E-state index >= 15 is 0 Å². The third kappa shape index (κ3) is 10.3. The summed E-state index contributed by atoms with van der Waals surface area (Å²) in [7, 11) is 1.53. The Balaban J connectivity index is 2.07. The summed E-state index contributed by atoms with van der Waals surface area (Å²) < 4.78 is 5.09. The van der Waals surface area contributed by atoms with E-state index in [1.807, 2.05) is 12.1 Å². The number of aromatic hydroxyl groups is 1. The number of aryl methyl sites for hydroxylation is 1. The Morgan fingerprint density at radius 2 is 1.69 bits per heavy atom. The van der Waals surface area contributed by atoms with E-state index < -0.39 is 0 Å². The molecular weight excluding hydrogens is 324 g/mol. The molecule has 0 spiro atoms. The largest absolute Gasteiger partial charge is 0.504 e. The lowest BCUT2D eigenvalue weighted by atomic mass is 10.1. The van der Waals surface area contributed by atoms with Crippen LogP contribution in [0.1, 0.15) is 83.1 Å². The van der Waals surface area contributed by atoms with Gasteiger partial charge in [0.2, 0.25) is 0 Å². The van der Waals surface area contributed by atoms with Crippen LogP contribution < -0.4 is 4.74 Å². The lowest BCUT2D eigenvalue weighted by Gasteiger charge is -2.05. The van der Waals surface area contributed by atoms with Crippen molar-refractivity contribution in [1.82, 2.24) is 0 Å². The van der Waals surface area contributed by atoms with Gasteiger partial charge in [0, 0.05) is 6.42 Å². The summed E-state index contributed by atoms with van der Waals surface area (Å²) in [5.41, 5.74) is 1.00. The summed E-state index contributed by atoms with van der Waals surface area (Å²) in [5.74, 6) is 0.743. The molecule has 0 unspecified atom stereocenters. The van der Waals surface area contributed by atoms with Gasteiger partial charge in [-0.3, -0.25) is 4.79 Å². The highest BCUT2D eigenvalue weighted by molar-refractivity contribution is 5.89. The lowest BCUT2D eigenvalue weighted by molar-refractivity contribution is -0.114. The summed E-state index contributed by atoms with van der Waals surface area (Å²) in [5, 5.41) is 9.58. The summed E-state index contributed by atoms with van der Waals surface area (Å²) >= 11 is 0. The van der Waals surface area contributed by atoms with Gasteiger partial charge < -0.3 is 9.84 Å². The number of ether oxygens (including phenoxy) is 1. The van der Waals surface area contributed by atoms with Crippen LogP contribution in [0.2, 0.25) is 0 Å². The molecule has 3 nitrogen and oxygen atoms in total. The first-order valence-corrected chi connectivity index (χ1v) is 10.2. The van der Waals surface area contributed by atoms with Crippen LogP contribution in [0.25, 0.3) is 0 Å². The molecule has 0 bridgehead atoms. The van der Waals surface area contributed by atoms with Crippen molar-refractivity contribution in [2.75, 3.05) is 7.11 Å². The Kier molecular flexibility index (Phi) is 12.3. The van der Waals surface area contributed by atoms with E-state index in [-0.39, 0.29) is 11.5 Å². The molecule has 0 aliphatic heterocycles. The van der Waals surface area contributed by atoms with E-state index in [2.05, 4.69) is 6.92 Å². The summed E-state index contributed by atoms with van der Waals surface area (Å²) in [6, 6.07) is 5.23. The average Bonchev–Trinajstić information content (AvgIpc) is 2.65. The molecule has 0 aliphatic rings. The van der Waals surface area contributed by atoms with Crippen molar-refractivity contribution >= 4 is 5.78 Å². The van der Waals surface area contributed by atoms with Gasteiger partial charge in [0.25, 0.3) is 0 Å². The van der Waals surface area contributed by atoms with Gasteiger partial charge >= 0.3 is 0 Å². The van der Waals surface area contributed by atoms with Crippen LogP contribution in [0.5, 0.6) is 11.5 Å². The first-order valence-electron chi connectivity index (χ1n) is 10.2. The van der Waals surface area contributed by atoms with Gasteiger partial charge in [-0.1, -0.05) is 70.4 Å². The molecule has 1 aromatic carbocycles. The smallest absolute Gasteiger partial charge is 0.160 e. The molecule has 0 amide bonds. The number of ketones is 1. The Morgan fingerprint density at radius 1 is 1.04 bits per heavy atom. The van der Waals surface area contributed by atoms with Gasteiger partial charge in [0.15, 0.2) is 17.3 Å². The number of methoxy groups -OCH3 is 1. The van der Waals surface area contributed by atoms with E-state index in [1.165, 1.54) is 64.9 Å². The summed E-state index contributed by atoms with van der Waals surface area (Å²) in [6.45, 7) is 2.25.